The fourth-order valence-electron chi connectivity index (χ4n) is 2.78. The van der Waals surface area contributed by atoms with Gasteiger partial charge in [-0.1, -0.05) is 63.6 Å². The van der Waals surface area contributed by atoms with E-state index in [1.807, 2.05) is 72.8 Å². The molecule has 0 unspecified atom stereocenters. The molecule has 1 amide bonds. The molecule has 0 aromatic heterocycles. The highest BCUT2D eigenvalue weighted by Gasteiger charge is 2.27. The first-order valence-electron chi connectivity index (χ1n) is 7.96. The van der Waals surface area contributed by atoms with E-state index in [2.05, 4.69) is 15.9 Å². The Hall–Kier alpha value is -2.01. The molecule has 2 nitrogen and oxygen atoms in total. The van der Waals surface area contributed by atoms with E-state index in [0.717, 1.165) is 31.2 Å². The maximum atomic E-state index is 13.1. The van der Waals surface area contributed by atoms with Crippen LogP contribution in [0.4, 0.5) is 11.4 Å². The van der Waals surface area contributed by atoms with Crippen molar-refractivity contribution < 1.29 is 4.79 Å². The summed E-state index contributed by atoms with van der Waals surface area (Å²) in [6.45, 7) is 0. The number of hydrogen-bond donors (Lipinski definition) is 0. The fraction of sp³-hybridized carbons (Fsp3) is 0. The molecule has 0 saturated carbocycles. The summed E-state index contributed by atoms with van der Waals surface area (Å²) in [4.78, 5) is 16.8. The molecule has 1 aliphatic heterocycles. The molecule has 128 valence electrons. The molecule has 0 spiro atoms. The number of benzene rings is 3. The monoisotopic (exact) mass is 441 g/mol. The molecule has 0 N–H and O–H groups in total. The van der Waals surface area contributed by atoms with Crippen molar-refractivity contribution in [2.45, 2.75) is 9.79 Å². The van der Waals surface area contributed by atoms with Crippen LogP contribution in [0.3, 0.4) is 0 Å². The number of hydrogen-bond acceptors (Lipinski definition) is 2. The first-order chi connectivity index (χ1) is 12.6. The van der Waals surface area contributed by atoms with Gasteiger partial charge in [-0.3, -0.25) is 9.69 Å². The topological polar surface area (TPSA) is 20.3 Å². The lowest BCUT2D eigenvalue weighted by Crippen LogP contribution is -2.26. The second kappa shape index (κ2) is 7.31. The van der Waals surface area contributed by atoms with Gasteiger partial charge in [0.2, 0.25) is 0 Å². The third kappa shape index (κ3) is 3.45. The zero-order valence-corrected chi connectivity index (χ0v) is 16.7. The standard InChI is InChI=1S/C21H13BrClNOS/c22-15-8-5-14(6-9-15)7-12-21(25)24-17-3-1-2-4-19(17)26-20-11-10-16(23)13-18(20)24/h1-13H/b12-7+. The van der Waals surface area contributed by atoms with Crippen LogP contribution in [0.1, 0.15) is 5.56 Å². The molecular weight excluding hydrogens is 430 g/mol. The Bertz CT molecular complexity index is 1020. The third-order valence-electron chi connectivity index (χ3n) is 4.00. The van der Waals surface area contributed by atoms with Gasteiger partial charge in [0.25, 0.3) is 5.91 Å². The maximum Gasteiger partial charge on any atom is 0.255 e. The number of anilines is 2. The fourth-order valence-corrected chi connectivity index (χ4v) is 4.25. The molecule has 4 rings (SSSR count). The molecule has 26 heavy (non-hydrogen) atoms. The second-order valence-corrected chi connectivity index (χ2v) is 8.18. The lowest BCUT2D eigenvalue weighted by Gasteiger charge is -2.30. The molecule has 0 radical (unpaired) electrons. The van der Waals surface area contributed by atoms with Gasteiger partial charge in [0.05, 0.1) is 11.4 Å². The van der Waals surface area contributed by atoms with Gasteiger partial charge in [-0.05, 0) is 54.1 Å². The van der Waals surface area contributed by atoms with Crippen molar-refractivity contribution in [1.82, 2.24) is 0 Å². The van der Waals surface area contributed by atoms with E-state index in [1.165, 1.54) is 0 Å². The Labute approximate surface area is 169 Å². The number of carbonyl (C=O) groups excluding carboxylic acids is 1. The largest absolute Gasteiger partial charge is 0.275 e. The van der Waals surface area contributed by atoms with Gasteiger partial charge in [0, 0.05) is 25.4 Å². The van der Waals surface area contributed by atoms with E-state index in [0.29, 0.717) is 5.02 Å². The van der Waals surface area contributed by atoms with Crippen molar-refractivity contribution in [2.24, 2.45) is 0 Å². The number of nitrogens with zero attached hydrogens (tertiary/aromatic N) is 1. The molecule has 0 atom stereocenters. The van der Waals surface area contributed by atoms with Crippen LogP contribution in [0.2, 0.25) is 5.02 Å². The molecule has 1 aliphatic rings. The van der Waals surface area contributed by atoms with Gasteiger partial charge in [-0.25, -0.2) is 0 Å². The summed E-state index contributed by atoms with van der Waals surface area (Å²) in [5, 5.41) is 0.610. The summed E-state index contributed by atoms with van der Waals surface area (Å²) in [6.07, 6.45) is 3.42. The number of halogens is 2. The summed E-state index contributed by atoms with van der Waals surface area (Å²) < 4.78 is 1.01. The van der Waals surface area contributed by atoms with Gasteiger partial charge in [0.15, 0.2) is 0 Å². The molecule has 0 fully saturated rings. The van der Waals surface area contributed by atoms with Gasteiger partial charge >= 0.3 is 0 Å². The van der Waals surface area contributed by atoms with Crippen molar-refractivity contribution in [2.75, 3.05) is 4.90 Å². The summed E-state index contributed by atoms with van der Waals surface area (Å²) in [6, 6.07) is 21.4. The second-order valence-electron chi connectivity index (χ2n) is 5.74. The van der Waals surface area contributed by atoms with Gasteiger partial charge in [-0.2, -0.15) is 0 Å². The number of carbonyl (C=O) groups is 1. The molecule has 3 aromatic carbocycles. The molecule has 0 saturated heterocycles. The van der Waals surface area contributed by atoms with E-state index in [1.54, 1.807) is 22.7 Å². The van der Waals surface area contributed by atoms with E-state index in [9.17, 15) is 4.79 Å². The summed E-state index contributed by atoms with van der Waals surface area (Å²) in [7, 11) is 0. The molecule has 3 aromatic rings. The molecule has 5 heteroatoms. The molecular formula is C21H13BrClNOS. The van der Waals surface area contributed by atoms with Gasteiger partial charge in [0.1, 0.15) is 0 Å². The van der Waals surface area contributed by atoms with Crippen molar-refractivity contribution in [3.8, 4) is 0 Å². The van der Waals surface area contributed by atoms with Crippen molar-refractivity contribution in [3.63, 3.8) is 0 Å². The Morgan fingerprint density at radius 3 is 2.50 bits per heavy atom. The quantitative estimate of drug-likeness (QED) is 0.400. The normalized spacial score (nSPS) is 12.8. The number of amides is 1. The molecule has 1 heterocycles. The molecule has 0 bridgehead atoms. The smallest absolute Gasteiger partial charge is 0.255 e. The van der Waals surface area contributed by atoms with E-state index >= 15 is 0 Å². The Balaban J connectivity index is 1.74. The van der Waals surface area contributed by atoms with Crippen molar-refractivity contribution in [3.05, 3.63) is 87.9 Å². The average Bonchev–Trinajstić information content (AvgIpc) is 2.65. The van der Waals surface area contributed by atoms with Crippen LogP contribution in [0, 0.1) is 0 Å². The van der Waals surface area contributed by atoms with Crippen LogP contribution in [-0.4, -0.2) is 5.91 Å². The number of rotatable bonds is 2. The first-order valence-corrected chi connectivity index (χ1v) is 9.95. The minimum atomic E-state index is -0.107. The van der Waals surface area contributed by atoms with E-state index < -0.39 is 0 Å². The van der Waals surface area contributed by atoms with Crippen LogP contribution in [0.15, 0.2) is 87.1 Å². The van der Waals surface area contributed by atoms with E-state index in [-0.39, 0.29) is 5.91 Å². The molecule has 0 aliphatic carbocycles. The Morgan fingerprint density at radius 2 is 1.69 bits per heavy atom. The Morgan fingerprint density at radius 1 is 0.962 bits per heavy atom. The Kier molecular flexibility index (Phi) is 4.90. The zero-order chi connectivity index (χ0) is 18.1. The van der Waals surface area contributed by atoms with E-state index in [4.69, 9.17) is 11.6 Å². The minimum absolute atomic E-state index is 0.107. The van der Waals surface area contributed by atoms with Crippen LogP contribution in [0.5, 0.6) is 0 Å². The SMILES string of the molecule is O=C(/C=C/c1ccc(Br)cc1)N1c2ccccc2Sc2ccc(Cl)cc21. The summed E-state index contributed by atoms with van der Waals surface area (Å²) >= 11 is 11.3. The minimum Gasteiger partial charge on any atom is -0.275 e. The van der Waals surface area contributed by atoms with Crippen LogP contribution >= 0.6 is 39.3 Å². The van der Waals surface area contributed by atoms with Gasteiger partial charge < -0.3 is 0 Å². The van der Waals surface area contributed by atoms with Crippen molar-refractivity contribution in [1.29, 1.82) is 0 Å². The highest BCUT2D eigenvalue weighted by molar-refractivity contribution is 9.10. The van der Waals surface area contributed by atoms with Gasteiger partial charge in [-0.15, -0.1) is 0 Å². The zero-order valence-electron chi connectivity index (χ0n) is 13.5. The van der Waals surface area contributed by atoms with Crippen LogP contribution in [-0.2, 0) is 4.79 Å². The van der Waals surface area contributed by atoms with Crippen LogP contribution < -0.4 is 4.90 Å². The number of fused-ring (bicyclic) bond motifs is 2. The predicted molar refractivity (Wildman–Crippen MR) is 112 cm³/mol. The third-order valence-corrected chi connectivity index (χ3v) is 5.89. The van der Waals surface area contributed by atoms with Crippen LogP contribution in [0.25, 0.3) is 6.08 Å². The highest BCUT2D eigenvalue weighted by atomic mass is 79.9. The lowest BCUT2D eigenvalue weighted by molar-refractivity contribution is -0.113. The average molecular weight is 443 g/mol. The lowest BCUT2D eigenvalue weighted by atomic mass is 10.2. The summed E-state index contributed by atoms with van der Waals surface area (Å²) in [5.74, 6) is -0.107. The maximum absolute atomic E-state index is 13.1. The highest BCUT2D eigenvalue weighted by Crippen LogP contribution is 2.48. The predicted octanol–water partition coefficient (Wildman–Crippen LogP) is 6.95. The number of para-hydroxylation sites is 1. The first kappa shape index (κ1) is 17.4. The van der Waals surface area contributed by atoms with Crippen molar-refractivity contribution >= 4 is 62.7 Å². The summed E-state index contributed by atoms with van der Waals surface area (Å²) in [5.41, 5.74) is 2.65.